The molecule has 1 aromatic heterocycles. The van der Waals surface area contributed by atoms with Gasteiger partial charge in [0.05, 0.1) is 17.8 Å². The van der Waals surface area contributed by atoms with Crippen LogP contribution in [0.2, 0.25) is 0 Å². The van der Waals surface area contributed by atoms with Crippen molar-refractivity contribution in [3.05, 3.63) is 46.3 Å². The van der Waals surface area contributed by atoms with Crippen molar-refractivity contribution in [3.8, 4) is 0 Å². The van der Waals surface area contributed by atoms with Gasteiger partial charge >= 0.3 is 0 Å². The fourth-order valence-electron chi connectivity index (χ4n) is 1.99. The van der Waals surface area contributed by atoms with Crippen molar-refractivity contribution in [3.63, 3.8) is 0 Å². The van der Waals surface area contributed by atoms with E-state index < -0.39 is 12.2 Å². The smallest absolute Gasteiger partial charge is 0.192 e. The standard InChI is InChI=1S/C15H16O5S/c1-9(16)21-7-5-13(18)15(19)10-2-3-14-11(8-10)12(17)4-6-20-14/h2-4,6,8,13,15,18-19H,5,7H2,1H3. The van der Waals surface area contributed by atoms with Gasteiger partial charge in [-0.05, 0) is 24.1 Å². The van der Waals surface area contributed by atoms with Crippen LogP contribution < -0.4 is 5.43 Å². The van der Waals surface area contributed by atoms with Crippen LogP contribution >= 0.6 is 11.8 Å². The van der Waals surface area contributed by atoms with Gasteiger partial charge in [0, 0.05) is 18.7 Å². The molecule has 2 rings (SSSR count). The molecule has 0 fully saturated rings. The van der Waals surface area contributed by atoms with E-state index in [1.807, 2.05) is 0 Å². The minimum absolute atomic E-state index is 0.0278. The summed E-state index contributed by atoms with van der Waals surface area (Å²) >= 11 is 1.10. The number of carbonyl (C=O) groups excluding carboxylic acids is 1. The molecule has 0 aliphatic carbocycles. The third-order valence-electron chi connectivity index (χ3n) is 3.11. The number of thioether (sulfide) groups is 1. The maximum atomic E-state index is 11.7. The van der Waals surface area contributed by atoms with E-state index in [1.54, 1.807) is 12.1 Å². The van der Waals surface area contributed by atoms with Crippen LogP contribution in [0.4, 0.5) is 0 Å². The lowest BCUT2D eigenvalue weighted by molar-refractivity contribution is -0.109. The molecule has 1 heterocycles. The Bertz CT molecular complexity index is 694. The summed E-state index contributed by atoms with van der Waals surface area (Å²) in [7, 11) is 0. The average molecular weight is 308 g/mol. The van der Waals surface area contributed by atoms with Crippen LogP contribution in [0.3, 0.4) is 0 Å². The van der Waals surface area contributed by atoms with Crippen molar-refractivity contribution in [2.75, 3.05) is 5.75 Å². The number of rotatable bonds is 5. The van der Waals surface area contributed by atoms with Crippen molar-refractivity contribution in [2.45, 2.75) is 25.6 Å². The Balaban J connectivity index is 2.15. The predicted octanol–water partition coefficient (Wildman–Crippen LogP) is 1.86. The van der Waals surface area contributed by atoms with Crippen molar-refractivity contribution in [1.82, 2.24) is 0 Å². The molecule has 0 bridgehead atoms. The molecular weight excluding hydrogens is 292 g/mol. The molecule has 0 aliphatic heterocycles. The van der Waals surface area contributed by atoms with Crippen molar-refractivity contribution in [2.24, 2.45) is 0 Å². The molecule has 2 unspecified atom stereocenters. The van der Waals surface area contributed by atoms with E-state index in [9.17, 15) is 19.8 Å². The number of fused-ring (bicyclic) bond motifs is 1. The third kappa shape index (κ3) is 3.93. The maximum Gasteiger partial charge on any atom is 0.192 e. The first-order chi connectivity index (χ1) is 9.99. The zero-order valence-corrected chi connectivity index (χ0v) is 12.3. The summed E-state index contributed by atoms with van der Waals surface area (Å²) in [5.74, 6) is 0.434. The van der Waals surface area contributed by atoms with E-state index in [-0.39, 0.29) is 17.0 Å². The number of carbonyl (C=O) groups is 1. The van der Waals surface area contributed by atoms with Crippen LogP contribution in [0, 0.1) is 0 Å². The molecule has 5 nitrogen and oxygen atoms in total. The highest BCUT2D eigenvalue weighted by molar-refractivity contribution is 8.13. The fourth-order valence-corrected chi connectivity index (χ4v) is 2.64. The largest absolute Gasteiger partial charge is 0.464 e. The van der Waals surface area contributed by atoms with Crippen LogP contribution in [0.5, 0.6) is 0 Å². The number of benzene rings is 1. The molecule has 2 aromatic rings. The van der Waals surface area contributed by atoms with E-state index in [2.05, 4.69) is 0 Å². The van der Waals surface area contributed by atoms with Crippen LogP contribution in [-0.4, -0.2) is 27.2 Å². The van der Waals surface area contributed by atoms with Gasteiger partial charge in [-0.1, -0.05) is 17.8 Å². The molecule has 0 aliphatic rings. The predicted molar refractivity (Wildman–Crippen MR) is 81.2 cm³/mol. The second-order valence-corrected chi connectivity index (χ2v) is 5.95. The topological polar surface area (TPSA) is 87.7 Å². The molecule has 112 valence electrons. The Hall–Kier alpha value is -1.63. The second kappa shape index (κ2) is 6.89. The Morgan fingerprint density at radius 3 is 2.81 bits per heavy atom. The molecule has 0 amide bonds. The molecular formula is C15H16O5S. The highest BCUT2D eigenvalue weighted by atomic mass is 32.2. The van der Waals surface area contributed by atoms with Gasteiger partial charge in [-0.15, -0.1) is 0 Å². The first-order valence-corrected chi connectivity index (χ1v) is 7.48. The Kier molecular flexibility index (Phi) is 5.17. The summed E-state index contributed by atoms with van der Waals surface area (Å²) in [6, 6.07) is 6.02. The summed E-state index contributed by atoms with van der Waals surface area (Å²) in [4.78, 5) is 22.5. The van der Waals surface area contributed by atoms with Crippen LogP contribution in [0.1, 0.15) is 25.0 Å². The summed E-state index contributed by atoms with van der Waals surface area (Å²) in [5.41, 5.74) is 0.674. The van der Waals surface area contributed by atoms with Crippen LogP contribution in [-0.2, 0) is 4.79 Å². The molecule has 0 spiro atoms. The van der Waals surface area contributed by atoms with Crippen LogP contribution in [0.15, 0.2) is 39.7 Å². The molecule has 21 heavy (non-hydrogen) atoms. The first-order valence-electron chi connectivity index (χ1n) is 6.50. The highest BCUT2D eigenvalue weighted by Gasteiger charge is 2.19. The molecule has 6 heteroatoms. The van der Waals surface area contributed by atoms with Gasteiger partial charge in [0.15, 0.2) is 10.5 Å². The van der Waals surface area contributed by atoms with Crippen LogP contribution in [0.25, 0.3) is 11.0 Å². The van der Waals surface area contributed by atoms with Gasteiger partial charge in [0.25, 0.3) is 0 Å². The Labute approximate surface area is 125 Å². The molecule has 2 atom stereocenters. The van der Waals surface area contributed by atoms with Gasteiger partial charge in [-0.3, -0.25) is 9.59 Å². The maximum absolute atomic E-state index is 11.7. The lowest BCUT2D eigenvalue weighted by atomic mass is 10.0. The number of aliphatic hydroxyl groups excluding tert-OH is 2. The van der Waals surface area contributed by atoms with Gasteiger partial charge in [0.1, 0.15) is 11.7 Å². The summed E-state index contributed by atoms with van der Waals surface area (Å²) in [6.07, 6.45) is -0.506. The SMILES string of the molecule is CC(=O)SCCC(O)C(O)c1ccc2occc(=O)c2c1. The highest BCUT2D eigenvalue weighted by Crippen LogP contribution is 2.23. The second-order valence-electron chi connectivity index (χ2n) is 4.68. The molecule has 1 aromatic carbocycles. The van der Waals surface area contributed by atoms with E-state index in [0.29, 0.717) is 22.3 Å². The summed E-state index contributed by atoms with van der Waals surface area (Å²) in [6.45, 7) is 1.45. The normalized spacial score (nSPS) is 14.0. The number of hydrogen-bond acceptors (Lipinski definition) is 6. The van der Waals surface area contributed by atoms with E-state index in [1.165, 1.54) is 25.3 Å². The van der Waals surface area contributed by atoms with Crippen molar-refractivity contribution < 1.29 is 19.4 Å². The van der Waals surface area contributed by atoms with E-state index in [0.717, 1.165) is 11.8 Å². The summed E-state index contributed by atoms with van der Waals surface area (Å²) in [5, 5.41) is 20.4. The van der Waals surface area contributed by atoms with E-state index in [4.69, 9.17) is 4.42 Å². The molecule has 2 N–H and O–H groups in total. The number of hydrogen-bond donors (Lipinski definition) is 2. The monoisotopic (exact) mass is 308 g/mol. The van der Waals surface area contributed by atoms with Gasteiger partial charge in [0.2, 0.25) is 0 Å². The average Bonchev–Trinajstić information content (AvgIpc) is 2.46. The quantitative estimate of drug-likeness (QED) is 0.876. The van der Waals surface area contributed by atoms with Gasteiger partial charge < -0.3 is 14.6 Å². The lowest BCUT2D eigenvalue weighted by Crippen LogP contribution is -2.19. The molecule has 0 radical (unpaired) electrons. The first kappa shape index (κ1) is 15.8. The zero-order chi connectivity index (χ0) is 15.4. The summed E-state index contributed by atoms with van der Waals surface area (Å²) < 4.78 is 5.19. The Morgan fingerprint density at radius 2 is 2.10 bits per heavy atom. The zero-order valence-electron chi connectivity index (χ0n) is 11.5. The third-order valence-corrected chi connectivity index (χ3v) is 3.95. The minimum atomic E-state index is -1.11. The van der Waals surface area contributed by atoms with Crippen molar-refractivity contribution in [1.29, 1.82) is 0 Å². The van der Waals surface area contributed by atoms with Gasteiger partial charge in [-0.2, -0.15) is 0 Å². The molecule has 0 saturated heterocycles. The van der Waals surface area contributed by atoms with Crippen molar-refractivity contribution >= 4 is 27.8 Å². The number of aliphatic hydroxyl groups is 2. The lowest BCUT2D eigenvalue weighted by Gasteiger charge is -2.18. The Morgan fingerprint density at radius 1 is 1.33 bits per heavy atom. The van der Waals surface area contributed by atoms with Gasteiger partial charge in [-0.25, -0.2) is 0 Å². The minimum Gasteiger partial charge on any atom is -0.464 e. The molecule has 0 saturated carbocycles. The van der Waals surface area contributed by atoms with E-state index >= 15 is 0 Å². The fraction of sp³-hybridized carbons (Fsp3) is 0.333.